The van der Waals surface area contributed by atoms with Crippen molar-refractivity contribution >= 4 is 11.7 Å². The molecule has 0 aliphatic rings. The maximum absolute atomic E-state index is 9.19. The van der Waals surface area contributed by atoms with Crippen LogP contribution < -0.4 is 10.6 Å². The summed E-state index contributed by atoms with van der Waals surface area (Å²) >= 11 is 0. The molecule has 0 atom stereocenters. The van der Waals surface area contributed by atoms with Crippen LogP contribution in [0.5, 0.6) is 0 Å². The Balaban J connectivity index is 3.16. The van der Waals surface area contributed by atoms with E-state index in [2.05, 4.69) is 23.8 Å². The van der Waals surface area contributed by atoms with Crippen molar-refractivity contribution in [2.45, 2.75) is 32.7 Å². The lowest BCUT2D eigenvalue weighted by atomic mass is 10.1. The molecule has 0 aliphatic carbocycles. The first-order chi connectivity index (χ1) is 8.65. The summed E-state index contributed by atoms with van der Waals surface area (Å²) in [6, 6.07) is 0.256. The number of nitrogen functional groups attached to an aromatic ring is 1. The lowest BCUT2D eigenvalue weighted by Crippen LogP contribution is -2.39. The molecule has 1 rings (SSSR count). The van der Waals surface area contributed by atoms with E-state index in [1.54, 1.807) is 6.20 Å². The summed E-state index contributed by atoms with van der Waals surface area (Å²) in [6.45, 7) is 4.67. The Labute approximate surface area is 107 Å². The van der Waals surface area contributed by atoms with Gasteiger partial charge in [-0.2, -0.15) is 0 Å². The van der Waals surface area contributed by atoms with E-state index in [0.717, 1.165) is 12.8 Å². The normalized spacial score (nSPS) is 10.7. The fourth-order valence-electron chi connectivity index (χ4n) is 2.03. The molecule has 4 N–H and O–H groups in total. The Morgan fingerprint density at radius 3 is 2.50 bits per heavy atom. The number of nitrogens with one attached hydrogen (secondary N) is 1. The van der Waals surface area contributed by atoms with Crippen LogP contribution in [0.25, 0.3) is 0 Å². The number of nitrogens with two attached hydrogens (primary N) is 1. The van der Waals surface area contributed by atoms with Gasteiger partial charge in [-0.3, -0.25) is 5.41 Å². The maximum atomic E-state index is 9.19. The van der Waals surface area contributed by atoms with Crippen LogP contribution in [0.15, 0.2) is 12.4 Å². The molecule has 0 amide bonds. The van der Waals surface area contributed by atoms with Gasteiger partial charge in [0.2, 0.25) is 0 Å². The highest BCUT2D eigenvalue weighted by atomic mass is 16.3. The van der Waals surface area contributed by atoms with E-state index in [1.807, 2.05) is 4.90 Å². The largest absolute Gasteiger partial charge is 0.395 e. The van der Waals surface area contributed by atoms with Crippen LogP contribution in [-0.4, -0.2) is 40.1 Å². The molecule has 0 spiro atoms. The summed E-state index contributed by atoms with van der Waals surface area (Å²) in [7, 11) is 0. The fraction of sp³-hybridized carbons (Fsp3) is 0.583. The summed E-state index contributed by atoms with van der Waals surface area (Å²) < 4.78 is 0. The Kier molecular flexibility index (Phi) is 5.51. The quantitative estimate of drug-likeness (QED) is 0.490. The molecule has 6 heteroatoms. The first-order valence-electron chi connectivity index (χ1n) is 6.18. The molecule has 0 saturated heterocycles. The first-order valence-corrected chi connectivity index (χ1v) is 6.18. The molecular formula is C12H21N5O. The lowest BCUT2D eigenvalue weighted by Gasteiger charge is -2.31. The molecule has 0 bridgehead atoms. The number of nitrogens with zero attached hydrogens (tertiary/aromatic N) is 3. The third kappa shape index (κ3) is 3.16. The highest BCUT2D eigenvalue weighted by Gasteiger charge is 2.21. The number of aromatic nitrogens is 2. The van der Waals surface area contributed by atoms with Crippen LogP contribution in [0.4, 0.5) is 5.82 Å². The molecule has 1 aromatic rings. The Morgan fingerprint density at radius 2 is 2.00 bits per heavy atom. The van der Waals surface area contributed by atoms with Gasteiger partial charge >= 0.3 is 0 Å². The zero-order valence-electron chi connectivity index (χ0n) is 10.9. The minimum Gasteiger partial charge on any atom is -0.395 e. The van der Waals surface area contributed by atoms with Crippen LogP contribution in [0.2, 0.25) is 0 Å². The molecule has 0 fully saturated rings. The third-order valence-corrected chi connectivity index (χ3v) is 2.93. The molecule has 0 saturated carbocycles. The number of aliphatic hydroxyl groups excluding tert-OH is 1. The Hall–Kier alpha value is -1.69. The van der Waals surface area contributed by atoms with Crippen LogP contribution in [0, 0.1) is 5.41 Å². The molecule has 6 nitrogen and oxygen atoms in total. The van der Waals surface area contributed by atoms with Gasteiger partial charge in [-0.25, -0.2) is 9.97 Å². The molecule has 1 aromatic heterocycles. The Morgan fingerprint density at radius 1 is 1.39 bits per heavy atom. The van der Waals surface area contributed by atoms with Crippen molar-refractivity contribution < 1.29 is 5.11 Å². The van der Waals surface area contributed by atoms with Crippen molar-refractivity contribution in [1.29, 1.82) is 5.41 Å². The monoisotopic (exact) mass is 251 g/mol. The molecule has 0 aliphatic heterocycles. The maximum Gasteiger partial charge on any atom is 0.158 e. The SMILES string of the molecule is CCC(CC)N(CCO)c1nccnc1C(=N)N. The zero-order chi connectivity index (χ0) is 13.5. The van der Waals surface area contributed by atoms with E-state index in [4.69, 9.17) is 11.1 Å². The van der Waals surface area contributed by atoms with Gasteiger partial charge in [-0.05, 0) is 12.8 Å². The van der Waals surface area contributed by atoms with Gasteiger partial charge in [0.15, 0.2) is 5.82 Å². The summed E-state index contributed by atoms with van der Waals surface area (Å²) in [5.41, 5.74) is 5.90. The minimum atomic E-state index is -0.105. The van der Waals surface area contributed by atoms with Crippen molar-refractivity contribution in [2.24, 2.45) is 5.73 Å². The van der Waals surface area contributed by atoms with E-state index in [1.165, 1.54) is 6.20 Å². The predicted molar refractivity (Wildman–Crippen MR) is 71.8 cm³/mol. The molecule has 0 aromatic carbocycles. The van der Waals surface area contributed by atoms with Crippen LogP contribution in [0.1, 0.15) is 32.4 Å². The molecule has 1 heterocycles. The summed E-state index contributed by atoms with van der Waals surface area (Å²) in [6.07, 6.45) is 4.97. The average molecular weight is 251 g/mol. The fourth-order valence-corrected chi connectivity index (χ4v) is 2.03. The number of amidine groups is 1. The third-order valence-electron chi connectivity index (χ3n) is 2.93. The van der Waals surface area contributed by atoms with Gasteiger partial charge in [0.1, 0.15) is 11.5 Å². The van der Waals surface area contributed by atoms with Crippen molar-refractivity contribution in [1.82, 2.24) is 9.97 Å². The summed E-state index contributed by atoms with van der Waals surface area (Å²) in [4.78, 5) is 10.3. The van der Waals surface area contributed by atoms with E-state index in [0.29, 0.717) is 18.1 Å². The highest BCUT2D eigenvalue weighted by Crippen LogP contribution is 2.20. The second-order valence-corrected chi connectivity index (χ2v) is 4.03. The standard InChI is InChI=1S/C12H21N5O/c1-3-9(4-2)17(7-8-18)12-10(11(13)14)15-5-6-16-12/h5-6,9,18H,3-4,7-8H2,1-2H3,(H3,13,14). The topological polar surface area (TPSA) is 99.1 Å². The van der Waals surface area contributed by atoms with Crippen molar-refractivity contribution in [3.8, 4) is 0 Å². The number of rotatable bonds is 7. The van der Waals surface area contributed by atoms with Crippen LogP contribution in [0.3, 0.4) is 0 Å². The zero-order valence-corrected chi connectivity index (χ0v) is 10.9. The molecule has 0 unspecified atom stereocenters. The van der Waals surface area contributed by atoms with E-state index in [9.17, 15) is 5.11 Å². The van der Waals surface area contributed by atoms with Gasteiger partial charge in [-0.1, -0.05) is 13.8 Å². The Bertz CT molecular complexity index is 392. The van der Waals surface area contributed by atoms with E-state index >= 15 is 0 Å². The molecule has 100 valence electrons. The average Bonchev–Trinajstić information content (AvgIpc) is 2.39. The first kappa shape index (κ1) is 14.4. The van der Waals surface area contributed by atoms with Crippen LogP contribution >= 0.6 is 0 Å². The van der Waals surface area contributed by atoms with Gasteiger partial charge in [0.25, 0.3) is 0 Å². The number of hydrogen-bond acceptors (Lipinski definition) is 5. The predicted octanol–water partition coefficient (Wildman–Crippen LogP) is 0.748. The summed E-state index contributed by atoms with van der Waals surface area (Å²) in [5.74, 6) is 0.472. The van der Waals surface area contributed by atoms with E-state index < -0.39 is 0 Å². The van der Waals surface area contributed by atoms with Gasteiger partial charge < -0.3 is 15.7 Å². The molecule has 0 radical (unpaired) electrons. The highest BCUT2D eigenvalue weighted by molar-refractivity contribution is 5.97. The van der Waals surface area contributed by atoms with Crippen molar-refractivity contribution in [2.75, 3.05) is 18.1 Å². The number of anilines is 1. The number of hydrogen-bond donors (Lipinski definition) is 3. The second-order valence-electron chi connectivity index (χ2n) is 4.03. The molecular weight excluding hydrogens is 230 g/mol. The lowest BCUT2D eigenvalue weighted by molar-refractivity contribution is 0.295. The minimum absolute atomic E-state index is 0.0322. The van der Waals surface area contributed by atoms with Crippen molar-refractivity contribution in [3.05, 3.63) is 18.1 Å². The van der Waals surface area contributed by atoms with Gasteiger partial charge in [0.05, 0.1) is 6.61 Å². The second kappa shape index (κ2) is 6.90. The van der Waals surface area contributed by atoms with Gasteiger partial charge in [-0.15, -0.1) is 0 Å². The molecule has 18 heavy (non-hydrogen) atoms. The van der Waals surface area contributed by atoms with Crippen molar-refractivity contribution in [3.63, 3.8) is 0 Å². The summed E-state index contributed by atoms with van der Waals surface area (Å²) in [5, 5.41) is 16.7. The van der Waals surface area contributed by atoms with E-state index in [-0.39, 0.29) is 18.5 Å². The number of aliphatic hydroxyl groups is 1. The van der Waals surface area contributed by atoms with Crippen LogP contribution in [-0.2, 0) is 0 Å². The smallest absolute Gasteiger partial charge is 0.158 e. The van der Waals surface area contributed by atoms with Gasteiger partial charge in [0, 0.05) is 25.0 Å².